The molecule has 0 spiro atoms. The van der Waals surface area contributed by atoms with Crippen LogP contribution in [-0.2, 0) is 0 Å². The highest BCUT2D eigenvalue weighted by atomic mass is 16.5. The second-order valence-electron chi connectivity index (χ2n) is 5.90. The van der Waals surface area contributed by atoms with Gasteiger partial charge in [-0.3, -0.25) is 4.79 Å². The Kier molecular flexibility index (Phi) is 6.21. The maximum Gasteiger partial charge on any atom is 0.161 e. The molecule has 0 bridgehead atoms. The normalized spacial score (nSPS) is 17.0. The van der Waals surface area contributed by atoms with Gasteiger partial charge in [-0.1, -0.05) is 0 Å². The van der Waals surface area contributed by atoms with Crippen molar-refractivity contribution in [3.63, 3.8) is 0 Å². The zero-order valence-electron chi connectivity index (χ0n) is 13.4. The highest BCUT2D eigenvalue weighted by Crippen LogP contribution is 2.28. The summed E-state index contributed by atoms with van der Waals surface area (Å²) in [6, 6.07) is 5.10. The van der Waals surface area contributed by atoms with Crippen LogP contribution in [0.4, 0.5) is 0 Å². The Morgan fingerprint density at radius 1 is 1.27 bits per heavy atom. The van der Waals surface area contributed by atoms with Crippen molar-refractivity contribution < 1.29 is 24.3 Å². The molecule has 0 radical (unpaired) electrons. The van der Waals surface area contributed by atoms with Crippen LogP contribution in [-0.4, -0.2) is 50.3 Å². The first-order valence-electron chi connectivity index (χ1n) is 7.93. The van der Waals surface area contributed by atoms with Gasteiger partial charge in [0, 0.05) is 5.56 Å². The standard InChI is InChI=1S/C17H25NO4/c1-13(19)14-6-7-16(17(10-14)21-2)22-12-15(20)11-18-8-4-3-5-9-18/h6-7,10,15,20H,3-5,8-9,11-12H2,1-2H3/p+1/t15-/m0/s1. The fourth-order valence-corrected chi connectivity index (χ4v) is 2.84. The van der Waals surface area contributed by atoms with Crippen LogP contribution < -0.4 is 14.4 Å². The number of methoxy groups -OCH3 is 1. The Labute approximate surface area is 131 Å². The second-order valence-corrected chi connectivity index (χ2v) is 5.90. The maximum absolute atomic E-state index is 11.4. The Hall–Kier alpha value is -1.59. The summed E-state index contributed by atoms with van der Waals surface area (Å²) in [5, 5.41) is 10.1. The average Bonchev–Trinajstić information content (AvgIpc) is 2.53. The van der Waals surface area contributed by atoms with Crippen LogP contribution in [0.1, 0.15) is 36.5 Å². The van der Waals surface area contributed by atoms with Crippen molar-refractivity contribution in [1.82, 2.24) is 0 Å². The lowest BCUT2D eigenvalue weighted by Gasteiger charge is -2.25. The summed E-state index contributed by atoms with van der Waals surface area (Å²) < 4.78 is 10.9. The fourth-order valence-electron chi connectivity index (χ4n) is 2.84. The van der Waals surface area contributed by atoms with Crippen molar-refractivity contribution in [1.29, 1.82) is 0 Å². The first kappa shape index (κ1) is 16.8. The molecule has 0 aromatic heterocycles. The Morgan fingerprint density at radius 2 is 2.00 bits per heavy atom. The Morgan fingerprint density at radius 3 is 2.64 bits per heavy atom. The van der Waals surface area contributed by atoms with Gasteiger partial charge in [-0.2, -0.15) is 0 Å². The predicted octanol–water partition coefficient (Wildman–Crippen LogP) is 0.706. The third kappa shape index (κ3) is 4.71. The summed E-state index contributed by atoms with van der Waals surface area (Å²) in [5.74, 6) is 1.06. The maximum atomic E-state index is 11.4. The predicted molar refractivity (Wildman–Crippen MR) is 83.9 cm³/mol. The number of aliphatic hydroxyl groups is 1. The Balaban J connectivity index is 1.88. The van der Waals surface area contributed by atoms with Gasteiger partial charge in [0.05, 0.1) is 20.2 Å². The van der Waals surface area contributed by atoms with Gasteiger partial charge in [-0.25, -0.2) is 0 Å². The largest absolute Gasteiger partial charge is 0.493 e. The molecular weight excluding hydrogens is 282 g/mol. The van der Waals surface area contributed by atoms with Crippen molar-refractivity contribution in [2.75, 3.05) is 33.4 Å². The molecule has 1 heterocycles. The van der Waals surface area contributed by atoms with E-state index in [0.29, 0.717) is 23.6 Å². The van der Waals surface area contributed by atoms with E-state index in [4.69, 9.17) is 9.47 Å². The monoisotopic (exact) mass is 308 g/mol. The molecule has 0 saturated carbocycles. The van der Waals surface area contributed by atoms with E-state index in [2.05, 4.69) is 0 Å². The van der Waals surface area contributed by atoms with Crippen molar-refractivity contribution in [2.45, 2.75) is 32.3 Å². The van der Waals surface area contributed by atoms with Crippen molar-refractivity contribution >= 4 is 5.78 Å². The molecule has 1 aromatic carbocycles. The highest BCUT2D eigenvalue weighted by Gasteiger charge is 2.19. The number of piperidine rings is 1. The van der Waals surface area contributed by atoms with E-state index >= 15 is 0 Å². The molecule has 122 valence electrons. The number of aliphatic hydroxyl groups excluding tert-OH is 1. The smallest absolute Gasteiger partial charge is 0.161 e. The molecule has 0 amide bonds. The number of likely N-dealkylation sites (tertiary alicyclic amines) is 1. The van der Waals surface area contributed by atoms with Gasteiger partial charge in [-0.15, -0.1) is 0 Å². The molecule has 1 aliphatic heterocycles. The minimum absolute atomic E-state index is 0.0152. The first-order chi connectivity index (χ1) is 10.6. The molecule has 1 fully saturated rings. The highest BCUT2D eigenvalue weighted by molar-refractivity contribution is 5.94. The first-order valence-corrected chi connectivity index (χ1v) is 7.93. The number of ether oxygens (including phenoxy) is 2. The minimum atomic E-state index is -0.495. The number of rotatable bonds is 7. The summed E-state index contributed by atoms with van der Waals surface area (Å²) in [4.78, 5) is 12.8. The number of carbonyl (C=O) groups is 1. The molecule has 5 nitrogen and oxygen atoms in total. The van der Waals surface area contributed by atoms with Crippen LogP contribution in [0.15, 0.2) is 18.2 Å². The molecule has 1 saturated heterocycles. The molecule has 1 aliphatic rings. The van der Waals surface area contributed by atoms with E-state index in [1.807, 2.05) is 0 Å². The lowest BCUT2D eigenvalue weighted by molar-refractivity contribution is -0.908. The summed E-state index contributed by atoms with van der Waals surface area (Å²) >= 11 is 0. The van der Waals surface area contributed by atoms with E-state index < -0.39 is 6.10 Å². The summed E-state index contributed by atoms with van der Waals surface area (Å²) in [5.41, 5.74) is 0.586. The van der Waals surface area contributed by atoms with E-state index in [0.717, 1.165) is 13.1 Å². The number of nitrogens with one attached hydrogen (secondary N) is 1. The van der Waals surface area contributed by atoms with Gasteiger partial charge < -0.3 is 19.5 Å². The van der Waals surface area contributed by atoms with Crippen molar-refractivity contribution in [3.05, 3.63) is 23.8 Å². The number of carbonyl (C=O) groups excluding carboxylic acids is 1. The summed E-state index contributed by atoms with van der Waals surface area (Å²) in [6.45, 7) is 4.73. The molecule has 1 atom stereocenters. The van der Waals surface area contributed by atoms with E-state index in [1.54, 1.807) is 25.3 Å². The molecule has 0 unspecified atom stereocenters. The van der Waals surface area contributed by atoms with Gasteiger partial charge in [-0.05, 0) is 44.4 Å². The molecule has 22 heavy (non-hydrogen) atoms. The van der Waals surface area contributed by atoms with E-state index in [-0.39, 0.29) is 12.4 Å². The molecule has 2 N–H and O–H groups in total. The molecular formula is C17H26NO4+. The molecule has 2 rings (SSSR count). The summed E-state index contributed by atoms with van der Waals surface area (Å²) in [7, 11) is 1.54. The molecule has 0 aliphatic carbocycles. The quantitative estimate of drug-likeness (QED) is 0.728. The Bertz CT molecular complexity index is 497. The number of benzene rings is 1. The van der Waals surface area contributed by atoms with Crippen molar-refractivity contribution in [2.24, 2.45) is 0 Å². The van der Waals surface area contributed by atoms with Gasteiger partial charge >= 0.3 is 0 Å². The third-order valence-electron chi connectivity index (χ3n) is 4.09. The van der Waals surface area contributed by atoms with Gasteiger partial charge in [0.2, 0.25) is 0 Å². The van der Waals surface area contributed by atoms with Gasteiger partial charge in [0.15, 0.2) is 17.3 Å². The van der Waals surface area contributed by atoms with E-state index in [1.165, 1.54) is 31.1 Å². The second kappa shape index (κ2) is 8.15. The lowest BCUT2D eigenvalue weighted by atomic mass is 10.1. The van der Waals surface area contributed by atoms with Crippen LogP contribution in [0.25, 0.3) is 0 Å². The van der Waals surface area contributed by atoms with Gasteiger partial charge in [0.1, 0.15) is 19.3 Å². The number of hydrogen-bond donors (Lipinski definition) is 2. The zero-order chi connectivity index (χ0) is 15.9. The van der Waals surface area contributed by atoms with Crippen LogP contribution in [0.2, 0.25) is 0 Å². The van der Waals surface area contributed by atoms with Crippen LogP contribution >= 0.6 is 0 Å². The number of Topliss-reactive ketones (excluding diaryl/α,β-unsaturated/α-hetero) is 1. The average molecular weight is 308 g/mol. The number of ketones is 1. The lowest BCUT2D eigenvalue weighted by Crippen LogP contribution is -3.14. The van der Waals surface area contributed by atoms with Crippen LogP contribution in [0, 0.1) is 0 Å². The van der Waals surface area contributed by atoms with E-state index in [9.17, 15) is 9.90 Å². The fraction of sp³-hybridized carbons (Fsp3) is 0.588. The van der Waals surface area contributed by atoms with Crippen LogP contribution in [0.3, 0.4) is 0 Å². The zero-order valence-corrected chi connectivity index (χ0v) is 13.4. The summed E-state index contributed by atoms with van der Waals surface area (Å²) in [6.07, 6.45) is 3.28. The number of quaternary nitrogens is 1. The molecule has 1 aromatic rings. The number of hydrogen-bond acceptors (Lipinski definition) is 4. The molecule has 5 heteroatoms. The van der Waals surface area contributed by atoms with Crippen LogP contribution in [0.5, 0.6) is 11.5 Å². The topological polar surface area (TPSA) is 60.2 Å². The minimum Gasteiger partial charge on any atom is -0.493 e. The third-order valence-corrected chi connectivity index (χ3v) is 4.09. The van der Waals surface area contributed by atoms with Crippen molar-refractivity contribution in [3.8, 4) is 11.5 Å². The SMILES string of the molecule is COc1cc(C(C)=O)ccc1OC[C@@H](O)C[NH+]1CCCCC1. The van der Waals surface area contributed by atoms with Gasteiger partial charge in [0.25, 0.3) is 0 Å².